The van der Waals surface area contributed by atoms with Gasteiger partial charge in [0.05, 0.1) is 42.4 Å². The Labute approximate surface area is 174 Å². The summed E-state index contributed by atoms with van der Waals surface area (Å²) >= 11 is 0. The number of phosphoric acid groups is 1. The van der Waals surface area contributed by atoms with Crippen molar-refractivity contribution < 1.29 is 44.2 Å². The molecule has 1 aromatic carbocycles. The number of non-ortho nitro benzene ring substituents is 1. The van der Waals surface area contributed by atoms with Gasteiger partial charge in [0.2, 0.25) is 0 Å². The third kappa shape index (κ3) is 13.5. The molecule has 0 saturated heterocycles. The summed E-state index contributed by atoms with van der Waals surface area (Å²) in [7, 11) is -4.60. The van der Waals surface area contributed by atoms with Crippen LogP contribution in [0.15, 0.2) is 24.3 Å². The first-order valence-electron chi connectivity index (χ1n) is 8.76. The lowest BCUT2D eigenvalue weighted by Crippen LogP contribution is -2.46. The highest BCUT2D eigenvalue weighted by Gasteiger charge is 2.20. The number of hydrogen-bond donors (Lipinski definition) is 8. The molecule has 14 heteroatoms. The van der Waals surface area contributed by atoms with Gasteiger partial charge in [0, 0.05) is 12.1 Å². The van der Waals surface area contributed by atoms with Crippen LogP contribution in [0.1, 0.15) is 26.7 Å². The maximum Gasteiger partial charge on any atom is 0.524 e. The van der Waals surface area contributed by atoms with E-state index in [0.29, 0.717) is 12.8 Å². The van der Waals surface area contributed by atoms with Crippen LogP contribution in [-0.4, -0.2) is 72.6 Å². The van der Waals surface area contributed by atoms with Crippen molar-refractivity contribution in [3.63, 3.8) is 0 Å². The molecule has 0 aliphatic carbocycles. The van der Waals surface area contributed by atoms with Crippen LogP contribution in [0.2, 0.25) is 0 Å². The molecule has 1 rings (SSSR count). The molecule has 0 saturated carbocycles. The van der Waals surface area contributed by atoms with Gasteiger partial charge in [-0.25, -0.2) is 4.57 Å². The van der Waals surface area contributed by atoms with E-state index in [0.717, 1.165) is 24.3 Å². The second-order valence-corrected chi connectivity index (χ2v) is 7.56. The number of benzene rings is 1. The summed E-state index contributed by atoms with van der Waals surface area (Å²) in [5.41, 5.74) is 9.09. The van der Waals surface area contributed by atoms with Gasteiger partial charge in [-0.05, 0) is 25.0 Å². The minimum absolute atomic E-state index is 0.121. The van der Waals surface area contributed by atoms with Gasteiger partial charge in [0.1, 0.15) is 5.75 Å². The number of rotatable bonds is 9. The highest BCUT2D eigenvalue weighted by molar-refractivity contribution is 7.46. The maximum atomic E-state index is 10.4. The molecule has 0 atom stereocenters. The third-order valence-corrected chi connectivity index (χ3v) is 4.39. The molecule has 30 heavy (non-hydrogen) atoms. The molecule has 0 radical (unpaired) electrons. The third-order valence-electron chi connectivity index (χ3n) is 3.94. The second-order valence-electron chi connectivity index (χ2n) is 6.40. The topological polar surface area (TPSA) is 243 Å². The van der Waals surface area contributed by atoms with Crippen molar-refractivity contribution in [1.29, 1.82) is 0 Å². The van der Waals surface area contributed by atoms with Gasteiger partial charge in [-0.15, -0.1) is 0 Å². The van der Waals surface area contributed by atoms with E-state index in [1.54, 1.807) is 0 Å². The predicted molar refractivity (Wildman–Crippen MR) is 109 cm³/mol. The molecule has 10 N–H and O–H groups in total. The van der Waals surface area contributed by atoms with Crippen molar-refractivity contribution in [2.75, 3.05) is 26.4 Å². The van der Waals surface area contributed by atoms with Crippen LogP contribution in [0.5, 0.6) is 5.75 Å². The van der Waals surface area contributed by atoms with Crippen molar-refractivity contribution in [3.05, 3.63) is 34.4 Å². The number of nitro benzene ring substituents is 1. The molecule has 0 spiro atoms. The number of aliphatic hydroxyl groups is 4. The van der Waals surface area contributed by atoms with Gasteiger partial charge in [-0.1, -0.05) is 13.8 Å². The number of aliphatic hydroxyl groups excluding tert-OH is 4. The quantitative estimate of drug-likeness (QED) is 0.129. The molecule has 0 fully saturated rings. The van der Waals surface area contributed by atoms with E-state index in [1.165, 1.54) is 0 Å². The highest BCUT2D eigenvalue weighted by atomic mass is 31.2. The average molecular weight is 457 g/mol. The first kappa shape index (κ1) is 30.5. The fourth-order valence-electron chi connectivity index (χ4n) is 1.31. The van der Waals surface area contributed by atoms with Crippen molar-refractivity contribution in [3.8, 4) is 5.75 Å². The first-order chi connectivity index (χ1) is 13.7. The number of nitrogens with zero attached hydrogens (tertiary/aromatic N) is 1. The van der Waals surface area contributed by atoms with Crippen LogP contribution < -0.4 is 16.0 Å². The number of nitrogens with two attached hydrogens (primary N) is 2. The molecule has 0 heterocycles. The average Bonchev–Trinajstić information content (AvgIpc) is 2.72. The molecule has 0 unspecified atom stereocenters. The summed E-state index contributed by atoms with van der Waals surface area (Å²) in [6.45, 7) is 3.04. The summed E-state index contributed by atoms with van der Waals surface area (Å²) in [4.78, 5) is 26.4. The predicted octanol–water partition coefficient (Wildman–Crippen LogP) is -0.777. The zero-order chi connectivity index (χ0) is 24.0. The van der Waals surface area contributed by atoms with E-state index in [2.05, 4.69) is 4.52 Å². The lowest BCUT2D eigenvalue weighted by atomic mass is 10.0. The zero-order valence-electron chi connectivity index (χ0n) is 16.9. The minimum atomic E-state index is -4.60. The molecule has 0 aromatic heterocycles. The Balaban J connectivity index is 0. The Morgan fingerprint density at radius 1 is 0.933 bits per heavy atom. The standard InChI is InChI=1S/C6H6NO6P.2C5H13NO2/c8-7(9)5-1-3-6(4-2-5)13-14(10,11)12;2*1-2-5(6,3-7)4-8/h1-4H,(H2,10,11,12);2*7-8H,2-4,6H2,1H3. The molecule has 1 aromatic rings. The Morgan fingerprint density at radius 3 is 1.43 bits per heavy atom. The van der Waals surface area contributed by atoms with E-state index in [4.69, 9.17) is 41.7 Å². The van der Waals surface area contributed by atoms with Gasteiger partial charge in [0.15, 0.2) is 0 Å². The van der Waals surface area contributed by atoms with Crippen LogP contribution >= 0.6 is 7.82 Å². The van der Waals surface area contributed by atoms with Crippen LogP contribution in [0.4, 0.5) is 5.69 Å². The highest BCUT2D eigenvalue weighted by Crippen LogP contribution is 2.37. The van der Waals surface area contributed by atoms with E-state index in [1.807, 2.05) is 13.8 Å². The molecule has 0 aliphatic rings. The number of hydrogen-bond acceptors (Lipinski definition) is 10. The Hall–Kier alpha value is -1.67. The molecule has 0 bridgehead atoms. The van der Waals surface area contributed by atoms with Gasteiger partial charge >= 0.3 is 7.82 Å². The number of phosphoric ester groups is 1. The van der Waals surface area contributed by atoms with Crippen molar-refractivity contribution in [2.24, 2.45) is 11.5 Å². The van der Waals surface area contributed by atoms with Gasteiger partial charge in [0.25, 0.3) is 5.69 Å². The number of nitro groups is 1. The Bertz CT molecular complexity index is 611. The SMILES string of the molecule is CCC(N)(CO)CO.CCC(N)(CO)CO.O=[N+]([O-])c1ccc(OP(=O)(O)O)cc1. The van der Waals surface area contributed by atoms with Crippen LogP contribution in [0.25, 0.3) is 0 Å². The van der Waals surface area contributed by atoms with E-state index in [-0.39, 0.29) is 37.9 Å². The largest absolute Gasteiger partial charge is 0.524 e. The fourth-order valence-corrected chi connectivity index (χ4v) is 1.71. The zero-order valence-corrected chi connectivity index (χ0v) is 17.8. The lowest BCUT2D eigenvalue weighted by molar-refractivity contribution is -0.384. The summed E-state index contributed by atoms with van der Waals surface area (Å²) in [5, 5.41) is 44.2. The van der Waals surface area contributed by atoms with E-state index < -0.39 is 23.8 Å². The van der Waals surface area contributed by atoms with Gasteiger partial charge < -0.3 is 36.4 Å². The van der Waals surface area contributed by atoms with E-state index >= 15 is 0 Å². The first-order valence-corrected chi connectivity index (χ1v) is 10.3. The van der Waals surface area contributed by atoms with Crippen molar-refractivity contribution in [1.82, 2.24) is 0 Å². The molecule has 0 aliphatic heterocycles. The van der Waals surface area contributed by atoms with Gasteiger partial charge in [-0.3, -0.25) is 19.9 Å². The van der Waals surface area contributed by atoms with Gasteiger partial charge in [-0.2, -0.15) is 0 Å². The lowest BCUT2D eigenvalue weighted by Gasteiger charge is -2.21. The Kier molecular flexibility index (Phi) is 14.6. The molecule has 176 valence electrons. The smallest absolute Gasteiger partial charge is 0.404 e. The van der Waals surface area contributed by atoms with Crippen LogP contribution in [0.3, 0.4) is 0 Å². The molecular weight excluding hydrogens is 425 g/mol. The summed E-state index contributed by atoms with van der Waals surface area (Å²) in [6.07, 6.45) is 1.19. The fraction of sp³-hybridized carbons (Fsp3) is 0.625. The molecule has 0 amide bonds. The van der Waals surface area contributed by atoms with Crippen LogP contribution in [-0.2, 0) is 4.57 Å². The second kappa shape index (κ2) is 14.4. The van der Waals surface area contributed by atoms with E-state index in [9.17, 15) is 14.7 Å². The van der Waals surface area contributed by atoms with Crippen LogP contribution in [0, 0.1) is 10.1 Å². The summed E-state index contributed by atoms with van der Waals surface area (Å²) in [5.74, 6) is -0.121. The monoisotopic (exact) mass is 457 g/mol. The normalized spacial score (nSPS) is 11.5. The summed E-state index contributed by atoms with van der Waals surface area (Å²) < 4.78 is 14.5. The summed E-state index contributed by atoms with van der Waals surface area (Å²) in [6, 6.07) is 4.39. The Morgan fingerprint density at radius 2 is 1.27 bits per heavy atom. The van der Waals surface area contributed by atoms with Crippen molar-refractivity contribution >= 4 is 13.5 Å². The minimum Gasteiger partial charge on any atom is -0.404 e. The maximum absolute atomic E-state index is 10.4. The van der Waals surface area contributed by atoms with Crippen molar-refractivity contribution in [2.45, 2.75) is 37.8 Å². The molecular formula is C16H32N3O10P. The molecule has 13 nitrogen and oxygen atoms in total.